The minimum absolute atomic E-state index is 0.149. The molecule has 2 aromatic carbocycles. The Morgan fingerprint density at radius 1 is 1.12 bits per heavy atom. The highest BCUT2D eigenvalue weighted by Gasteiger charge is 2.40. The van der Waals surface area contributed by atoms with Crippen LogP contribution in [0.25, 0.3) is 0 Å². The molecule has 1 fully saturated rings. The first-order valence-corrected chi connectivity index (χ1v) is 8.29. The molecule has 124 valence electrons. The third kappa shape index (κ3) is 2.92. The van der Waals surface area contributed by atoms with Gasteiger partial charge in [0.2, 0.25) is 5.91 Å². The smallest absolute Gasteiger partial charge is 0.256 e. The van der Waals surface area contributed by atoms with Gasteiger partial charge in [-0.3, -0.25) is 9.59 Å². The van der Waals surface area contributed by atoms with Gasteiger partial charge in [-0.05, 0) is 49.1 Å². The van der Waals surface area contributed by atoms with Crippen LogP contribution < -0.4 is 10.2 Å². The molecule has 0 bridgehead atoms. The zero-order valence-corrected chi connectivity index (χ0v) is 14.3. The third-order valence-electron chi connectivity index (χ3n) is 4.48. The fraction of sp³-hybridized carbons (Fsp3) is 0.300. The predicted octanol–water partition coefficient (Wildman–Crippen LogP) is 3.61. The molecule has 0 unspecified atom stereocenters. The number of aryl methyl sites for hydroxylation is 3. The van der Waals surface area contributed by atoms with Crippen LogP contribution >= 0.6 is 0 Å². The summed E-state index contributed by atoms with van der Waals surface area (Å²) in [7, 11) is 0. The van der Waals surface area contributed by atoms with Gasteiger partial charge in [0.15, 0.2) is 0 Å². The predicted molar refractivity (Wildman–Crippen MR) is 96.3 cm³/mol. The van der Waals surface area contributed by atoms with Crippen LogP contribution in [0.4, 0.5) is 11.4 Å². The number of hydrogen-bond donors (Lipinski definition) is 1. The molecule has 1 N–H and O–H groups in total. The number of para-hydroxylation sites is 1. The molecule has 4 nitrogen and oxygen atoms in total. The lowest BCUT2D eigenvalue weighted by atomic mass is 10.1. The van der Waals surface area contributed by atoms with E-state index in [0.717, 1.165) is 28.8 Å². The lowest BCUT2D eigenvalue weighted by Crippen LogP contribution is -2.35. The van der Waals surface area contributed by atoms with Gasteiger partial charge in [-0.25, -0.2) is 4.90 Å². The van der Waals surface area contributed by atoms with Gasteiger partial charge >= 0.3 is 0 Å². The second kappa shape index (κ2) is 6.48. The largest absolute Gasteiger partial charge is 0.373 e. The topological polar surface area (TPSA) is 49.4 Å². The van der Waals surface area contributed by atoms with Gasteiger partial charge in [0.1, 0.15) is 6.04 Å². The van der Waals surface area contributed by atoms with Crippen LogP contribution in [-0.2, 0) is 16.0 Å². The number of benzene rings is 2. The van der Waals surface area contributed by atoms with E-state index in [1.165, 1.54) is 4.90 Å². The molecule has 0 spiro atoms. The molecule has 2 amide bonds. The molecule has 0 aliphatic carbocycles. The van der Waals surface area contributed by atoms with Gasteiger partial charge in [0.25, 0.3) is 5.91 Å². The number of amides is 2. The number of anilines is 2. The SMILES string of the molecule is CCc1ccccc1N1C(=O)C[C@@H](Nc2cc(C)ccc2C)C1=O. The van der Waals surface area contributed by atoms with E-state index >= 15 is 0 Å². The van der Waals surface area contributed by atoms with Crippen molar-refractivity contribution in [2.45, 2.75) is 39.7 Å². The molecular weight excluding hydrogens is 300 g/mol. The Balaban J connectivity index is 1.88. The van der Waals surface area contributed by atoms with Crippen molar-refractivity contribution in [1.82, 2.24) is 0 Å². The highest BCUT2D eigenvalue weighted by molar-refractivity contribution is 6.23. The first kappa shape index (κ1) is 16.2. The highest BCUT2D eigenvalue weighted by atomic mass is 16.2. The number of nitrogens with zero attached hydrogens (tertiary/aromatic N) is 1. The van der Waals surface area contributed by atoms with Gasteiger partial charge < -0.3 is 5.32 Å². The summed E-state index contributed by atoms with van der Waals surface area (Å²) in [4.78, 5) is 26.6. The number of rotatable bonds is 4. The first-order chi connectivity index (χ1) is 11.5. The maximum absolute atomic E-state index is 12.8. The van der Waals surface area contributed by atoms with Crippen LogP contribution in [0.2, 0.25) is 0 Å². The quantitative estimate of drug-likeness (QED) is 0.875. The number of hydrogen-bond acceptors (Lipinski definition) is 3. The molecule has 3 rings (SSSR count). The molecule has 0 radical (unpaired) electrons. The van der Waals surface area contributed by atoms with Gasteiger partial charge in [-0.2, -0.15) is 0 Å². The Kier molecular flexibility index (Phi) is 4.38. The van der Waals surface area contributed by atoms with E-state index in [1.54, 1.807) is 0 Å². The van der Waals surface area contributed by atoms with E-state index in [4.69, 9.17) is 0 Å². The lowest BCUT2D eigenvalue weighted by molar-refractivity contribution is -0.121. The molecule has 1 aliphatic rings. The summed E-state index contributed by atoms with van der Waals surface area (Å²) in [5, 5.41) is 3.26. The van der Waals surface area contributed by atoms with Crippen LogP contribution in [0.3, 0.4) is 0 Å². The second-order valence-electron chi connectivity index (χ2n) is 6.27. The van der Waals surface area contributed by atoms with Crippen LogP contribution in [0.15, 0.2) is 42.5 Å². The number of imide groups is 1. The number of carbonyl (C=O) groups is 2. The minimum Gasteiger partial charge on any atom is -0.373 e. The molecule has 24 heavy (non-hydrogen) atoms. The van der Waals surface area contributed by atoms with Gasteiger partial charge in [-0.15, -0.1) is 0 Å². The van der Waals surface area contributed by atoms with Crippen LogP contribution in [0.1, 0.15) is 30.0 Å². The minimum atomic E-state index is -0.511. The van der Waals surface area contributed by atoms with Crippen LogP contribution in [0, 0.1) is 13.8 Å². The van der Waals surface area contributed by atoms with Crippen molar-refractivity contribution in [2.24, 2.45) is 0 Å². The first-order valence-electron chi connectivity index (χ1n) is 8.29. The zero-order chi connectivity index (χ0) is 17.3. The lowest BCUT2D eigenvalue weighted by Gasteiger charge is -2.19. The maximum Gasteiger partial charge on any atom is 0.256 e. The number of nitrogens with one attached hydrogen (secondary N) is 1. The van der Waals surface area contributed by atoms with E-state index in [9.17, 15) is 9.59 Å². The van der Waals surface area contributed by atoms with Crippen molar-refractivity contribution < 1.29 is 9.59 Å². The standard InChI is InChI=1S/C20H22N2O2/c1-4-15-7-5-6-8-18(15)22-19(23)12-17(20(22)24)21-16-11-13(2)9-10-14(16)3/h5-11,17,21H,4,12H2,1-3H3/t17-/m1/s1. The zero-order valence-electron chi connectivity index (χ0n) is 14.3. The fourth-order valence-electron chi connectivity index (χ4n) is 3.10. The fourth-order valence-corrected chi connectivity index (χ4v) is 3.10. The van der Waals surface area contributed by atoms with Crippen molar-refractivity contribution >= 4 is 23.2 Å². The highest BCUT2D eigenvalue weighted by Crippen LogP contribution is 2.29. The summed E-state index contributed by atoms with van der Waals surface area (Å²) in [5.41, 5.74) is 4.81. The molecule has 2 aromatic rings. The molecule has 1 heterocycles. The van der Waals surface area contributed by atoms with E-state index in [2.05, 4.69) is 5.32 Å². The van der Waals surface area contributed by atoms with Crippen LogP contribution in [0.5, 0.6) is 0 Å². The van der Waals surface area contributed by atoms with Crippen molar-refractivity contribution in [3.05, 3.63) is 59.2 Å². The third-order valence-corrected chi connectivity index (χ3v) is 4.48. The van der Waals surface area contributed by atoms with Crippen molar-refractivity contribution in [3.8, 4) is 0 Å². The van der Waals surface area contributed by atoms with Gasteiger partial charge in [0, 0.05) is 5.69 Å². The van der Waals surface area contributed by atoms with Crippen molar-refractivity contribution in [2.75, 3.05) is 10.2 Å². The molecular formula is C20H22N2O2. The summed E-state index contributed by atoms with van der Waals surface area (Å²) in [6.07, 6.45) is 0.965. The van der Waals surface area contributed by atoms with Gasteiger partial charge in [-0.1, -0.05) is 37.3 Å². The molecule has 4 heteroatoms. The monoisotopic (exact) mass is 322 g/mol. The van der Waals surface area contributed by atoms with Crippen molar-refractivity contribution in [3.63, 3.8) is 0 Å². The molecule has 0 aromatic heterocycles. The maximum atomic E-state index is 12.8. The van der Waals surface area contributed by atoms with E-state index in [1.807, 2.05) is 63.2 Å². The summed E-state index contributed by atoms with van der Waals surface area (Å²) >= 11 is 0. The van der Waals surface area contributed by atoms with Crippen LogP contribution in [-0.4, -0.2) is 17.9 Å². The average Bonchev–Trinajstić information content (AvgIpc) is 2.84. The normalized spacial score (nSPS) is 17.5. The summed E-state index contributed by atoms with van der Waals surface area (Å²) in [6.45, 7) is 6.03. The summed E-state index contributed by atoms with van der Waals surface area (Å²) < 4.78 is 0. The van der Waals surface area contributed by atoms with E-state index in [-0.39, 0.29) is 18.2 Å². The molecule has 0 saturated carbocycles. The van der Waals surface area contributed by atoms with E-state index in [0.29, 0.717) is 5.69 Å². The molecule has 1 atom stereocenters. The Morgan fingerprint density at radius 2 is 1.88 bits per heavy atom. The molecule has 1 aliphatic heterocycles. The Labute approximate surface area is 142 Å². The Morgan fingerprint density at radius 3 is 2.62 bits per heavy atom. The summed E-state index contributed by atoms with van der Waals surface area (Å²) in [5.74, 6) is -0.328. The summed E-state index contributed by atoms with van der Waals surface area (Å²) in [6, 6.07) is 13.1. The Hall–Kier alpha value is -2.62. The average molecular weight is 322 g/mol. The second-order valence-corrected chi connectivity index (χ2v) is 6.27. The Bertz CT molecular complexity index is 798. The van der Waals surface area contributed by atoms with Gasteiger partial charge in [0.05, 0.1) is 12.1 Å². The van der Waals surface area contributed by atoms with Crippen molar-refractivity contribution in [1.29, 1.82) is 0 Å². The number of carbonyl (C=O) groups excluding carboxylic acids is 2. The molecule has 1 saturated heterocycles. The van der Waals surface area contributed by atoms with E-state index < -0.39 is 6.04 Å².